The lowest BCUT2D eigenvalue weighted by atomic mass is 9.94. The Morgan fingerprint density at radius 3 is 2.27 bits per heavy atom. The van der Waals surface area contributed by atoms with Crippen molar-refractivity contribution >= 4 is 17.7 Å². The van der Waals surface area contributed by atoms with E-state index in [1.54, 1.807) is 7.11 Å². The van der Waals surface area contributed by atoms with Gasteiger partial charge in [-0.25, -0.2) is 0 Å². The minimum atomic E-state index is -1.05. The molecule has 0 aromatic heterocycles. The van der Waals surface area contributed by atoms with Crippen LogP contribution in [-0.2, 0) is 25.5 Å². The Bertz CT molecular complexity index is 1140. The number of carbonyl (C=O) groups is 3. The molecule has 2 aliphatic rings. The highest BCUT2D eigenvalue weighted by molar-refractivity contribution is 5.93. The van der Waals surface area contributed by atoms with Crippen molar-refractivity contribution in [2.45, 2.75) is 70.9 Å². The van der Waals surface area contributed by atoms with Crippen molar-refractivity contribution in [1.29, 1.82) is 0 Å². The maximum absolute atomic E-state index is 14.0. The van der Waals surface area contributed by atoms with Crippen LogP contribution in [0.2, 0.25) is 0 Å². The summed E-state index contributed by atoms with van der Waals surface area (Å²) in [7, 11) is 5.28. The fourth-order valence-corrected chi connectivity index (χ4v) is 4.99. The van der Waals surface area contributed by atoms with Gasteiger partial charge in [-0.3, -0.25) is 19.3 Å². The van der Waals surface area contributed by atoms with E-state index in [1.165, 1.54) is 0 Å². The first kappa shape index (κ1) is 32.1. The van der Waals surface area contributed by atoms with Crippen molar-refractivity contribution in [3.63, 3.8) is 0 Å². The van der Waals surface area contributed by atoms with E-state index in [4.69, 9.17) is 9.47 Å². The van der Waals surface area contributed by atoms with Crippen LogP contribution in [0.1, 0.15) is 51.3 Å². The molecule has 0 saturated heterocycles. The van der Waals surface area contributed by atoms with Crippen LogP contribution in [0.15, 0.2) is 54.6 Å². The van der Waals surface area contributed by atoms with Gasteiger partial charge in [0.25, 0.3) is 0 Å². The first-order valence-corrected chi connectivity index (χ1v) is 14.4. The van der Waals surface area contributed by atoms with Gasteiger partial charge in [0.1, 0.15) is 23.9 Å². The summed E-state index contributed by atoms with van der Waals surface area (Å²) in [4.78, 5) is 43.0. The minimum Gasteiger partial charge on any atom is -0.487 e. The Kier molecular flexibility index (Phi) is 11.7. The number of carbonyl (C=O) groups excluding carboxylic acids is 3. The van der Waals surface area contributed by atoms with E-state index in [0.29, 0.717) is 18.6 Å². The third kappa shape index (κ3) is 8.53. The number of fused-ring (bicyclic) bond motifs is 11. The number of nitrogens with zero attached hydrogens (tertiary/aromatic N) is 1. The zero-order chi connectivity index (χ0) is 30.1. The van der Waals surface area contributed by atoms with E-state index in [2.05, 4.69) is 16.0 Å². The molecule has 0 fully saturated rings. The molecule has 2 aromatic rings. The Morgan fingerprint density at radius 2 is 1.71 bits per heavy atom. The third-order valence-electron chi connectivity index (χ3n) is 7.83. The zero-order valence-corrected chi connectivity index (χ0v) is 25.3. The number of ether oxygens (including phenoxy) is 2. The second-order valence-corrected chi connectivity index (χ2v) is 11.4. The Morgan fingerprint density at radius 1 is 1.05 bits per heavy atom. The van der Waals surface area contributed by atoms with Gasteiger partial charge in [-0.15, -0.1) is 0 Å². The van der Waals surface area contributed by atoms with Crippen molar-refractivity contribution in [3.8, 4) is 5.75 Å². The summed E-state index contributed by atoms with van der Waals surface area (Å²) in [5.41, 5.74) is 1.90. The molecule has 9 nitrogen and oxygen atoms in total. The van der Waals surface area contributed by atoms with Crippen molar-refractivity contribution < 1.29 is 23.9 Å². The van der Waals surface area contributed by atoms with Gasteiger partial charge in [0, 0.05) is 13.7 Å². The molecule has 41 heavy (non-hydrogen) atoms. The number of benzene rings is 2. The molecule has 0 saturated carbocycles. The van der Waals surface area contributed by atoms with Crippen molar-refractivity contribution in [2.24, 2.45) is 11.8 Å². The molecule has 2 bridgehead atoms. The molecule has 3 N–H and O–H groups in total. The summed E-state index contributed by atoms with van der Waals surface area (Å²) < 4.78 is 12.0. The number of methoxy groups -OCH3 is 1. The molecule has 0 aliphatic carbocycles. The van der Waals surface area contributed by atoms with E-state index in [1.807, 2.05) is 101 Å². The quantitative estimate of drug-likeness (QED) is 0.431. The number of amides is 3. The average molecular weight is 567 g/mol. The molecule has 0 radical (unpaired) electrons. The predicted octanol–water partition coefficient (Wildman–Crippen LogP) is 3.10. The lowest BCUT2D eigenvalue weighted by Gasteiger charge is -2.34. The highest BCUT2D eigenvalue weighted by Crippen LogP contribution is 2.24. The Hall–Kier alpha value is -3.43. The first-order valence-electron chi connectivity index (χ1n) is 14.4. The van der Waals surface area contributed by atoms with Crippen LogP contribution < -0.4 is 20.7 Å². The molecule has 9 heteroatoms. The van der Waals surface area contributed by atoms with Crippen molar-refractivity contribution in [3.05, 3.63) is 65.7 Å². The van der Waals surface area contributed by atoms with Gasteiger partial charge in [-0.05, 0) is 55.6 Å². The topological polar surface area (TPSA) is 109 Å². The first-order chi connectivity index (χ1) is 19.5. The Balaban J connectivity index is 2.01. The van der Waals surface area contributed by atoms with Gasteiger partial charge in [0.05, 0.1) is 12.1 Å². The van der Waals surface area contributed by atoms with Gasteiger partial charge in [-0.2, -0.15) is 0 Å². The lowest BCUT2D eigenvalue weighted by molar-refractivity contribution is -0.136. The van der Waals surface area contributed by atoms with Crippen LogP contribution in [0.5, 0.6) is 5.75 Å². The smallest absolute Gasteiger partial charge is 0.247 e. The summed E-state index contributed by atoms with van der Waals surface area (Å²) in [6.07, 6.45) is 0.0885. The average Bonchev–Trinajstić information content (AvgIpc) is 2.96. The molecule has 2 aromatic carbocycles. The SMILES string of the molecule is CC[C@@H](C)[C@@H]1NC(=O)[C@@H](NC(=O)[C@@H](Cc2ccccc2)N(C)C)[C@@H](C(C)C)Oc2ccc(cc2)[C@@H](OC)CNC1=O. The highest BCUT2D eigenvalue weighted by atomic mass is 16.5. The summed E-state index contributed by atoms with van der Waals surface area (Å²) in [5, 5.41) is 8.92. The predicted molar refractivity (Wildman–Crippen MR) is 159 cm³/mol. The number of hydrogen-bond donors (Lipinski definition) is 3. The van der Waals surface area contributed by atoms with Gasteiger partial charge in [0.2, 0.25) is 17.7 Å². The molecular weight excluding hydrogens is 520 g/mol. The number of hydrogen-bond acceptors (Lipinski definition) is 6. The van der Waals surface area contributed by atoms with E-state index in [9.17, 15) is 14.4 Å². The second-order valence-electron chi connectivity index (χ2n) is 11.4. The Labute approximate surface area is 244 Å². The van der Waals surface area contributed by atoms with E-state index < -0.39 is 30.1 Å². The van der Waals surface area contributed by atoms with Gasteiger partial charge >= 0.3 is 0 Å². The van der Waals surface area contributed by atoms with E-state index in [0.717, 1.165) is 11.1 Å². The van der Waals surface area contributed by atoms with E-state index >= 15 is 0 Å². The van der Waals surface area contributed by atoms with E-state index in [-0.39, 0.29) is 36.3 Å². The third-order valence-corrected chi connectivity index (χ3v) is 7.83. The van der Waals surface area contributed by atoms with Crippen molar-refractivity contribution in [2.75, 3.05) is 27.7 Å². The van der Waals surface area contributed by atoms with Gasteiger partial charge in [-0.1, -0.05) is 76.6 Å². The second kappa shape index (κ2) is 15.0. The molecule has 224 valence electrons. The van der Waals surface area contributed by atoms with Crippen LogP contribution >= 0.6 is 0 Å². The van der Waals surface area contributed by atoms with Crippen LogP contribution in [-0.4, -0.2) is 74.6 Å². The monoisotopic (exact) mass is 566 g/mol. The zero-order valence-electron chi connectivity index (χ0n) is 25.3. The molecular formula is C32H46N4O5. The molecule has 2 aliphatic heterocycles. The fourth-order valence-electron chi connectivity index (χ4n) is 4.99. The molecule has 2 heterocycles. The standard InChI is InChI=1S/C32H46N4O5/c1-8-21(4)27-31(38)33-19-26(40-7)23-14-16-24(17-15-23)41-29(20(2)3)28(32(39)34-27)35-30(37)25(36(5)6)18-22-12-10-9-11-13-22/h9-17,20-21,25-29H,8,18-19H2,1-7H3,(H,33,38)(H,34,39)(H,35,37)/t21-,25-,26+,27+,28+,29-/m1/s1. The lowest BCUT2D eigenvalue weighted by Crippen LogP contribution is -2.62. The van der Waals surface area contributed by atoms with Gasteiger partial charge < -0.3 is 25.4 Å². The maximum atomic E-state index is 14.0. The minimum absolute atomic E-state index is 0.145. The summed E-state index contributed by atoms with van der Waals surface area (Å²) in [6, 6.07) is 14.8. The van der Waals surface area contributed by atoms with Gasteiger partial charge in [0.15, 0.2) is 0 Å². The van der Waals surface area contributed by atoms with Crippen LogP contribution in [0, 0.1) is 11.8 Å². The number of likely N-dealkylation sites (N-methyl/N-ethyl adjacent to an activating group) is 1. The molecule has 3 amide bonds. The largest absolute Gasteiger partial charge is 0.487 e. The normalized spacial score (nSPS) is 23.2. The van der Waals surface area contributed by atoms with Crippen LogP contribution in [0.4, 0.5) is 0 Å². The molecule has 4 rings (SSSR count). The maximum Gasteiger partial charge on any atom is 0.247 e. The fraction of sp³-hybridized carbons (Fsp3) is 0.531. The summed E-state index contributed by atoms with van der Waals surface area (Å²) in [5.74, 6) is -0.779. The number of rotatable bonds is 9. The highest BCUT2D eigenvalue weighted by Gasteiger charge is 2.38. The van der Waals surface area contributed by atoms with Crippen molar-refractivity contribution in [1.82, 2.24) is 20.9 Å². The van der Waals surface area contributed by atoms with Crippen LogP contribution in [0.25, 0.3) is 0 Å². The molecule has 6 atom stereocenters. The molecule has 0 unspecified atom stereocenters. The van der Waals surface area contributed by atoms with Crippen LogP contribution in [0.3, 0.4) is 0 Å². The number of nitrogens with one attached hydrogen (secondary N) is 3. The molecule has 0 spiro atoms. The summed E-state index contributed by atoms with van der Waals surface area (Å²) >= 11 is 0. The summed E-state index contributed by atoms with van der Waals surface area (Å²) in [6.45, 7) is 8.03.